The van der Waals surface area contributed by atoms with Crippen molar-refractivity contribution in [3.05, 3.63) is 70.6 Å². The summed E-state index contributed by atoms with van der Waals surface area (Å²) in [6.07, 6.45) is 3.18. The van der Waals surface area contributed by atoms with E-state index in [4.69, 9.17) is 18.3 Å². The van der Waals surface area contributed by atoms with E-state index in [1.807, 2.05) is 31.4 Å². The van der Waals surface area contributed by atoms with Crippen LogP contribution >= 0.6 is 11.3 Å². The van der Waals surface area contributed by atoms with Crippen molar-refractivity contribution in [3.63, 3.8) is 0 Å². The largest absolute Gasteiger partial charge is 0.476 e. The van der Waals surface area contributed by atoms with Gasteiger partial charge in [-0.3, -0.25) is 4.90 Å². The summed E-state index contributed by atoms with van der Waals surface area (Å²) in [6.45, 7) is 10.9. The average Bonchev–Trinajstić information content (AvgIpc) is 3.59. The Bertz CT molecular complexity index is 1260. The topological polar surface area (TPSA) is 104 Å². The van der Waals surface area contributed by atoms with Crippen molar-refractivity contribution in [2.24, 2.45) is 0 Å². The standard InChI is InChI=1S/C26H30N4O5S/c1-6-32-25(31)26(4,5)35-23-17(2)12-19(13-18(23)3)14-30(15-21-27-9-10-33-21)16-22-28-29-24(34-22)20-8-7-11-36-20/h7-13H,6,14-16H2,1-5H3. The first-order valence-electron chi connectivity index (χ1n) is 11.7. The fraction of sp³-hybridized carbons (Fsp3) is 0.385. The van der Waals surface area contributed by atoms with Crippen molar-refractivity contribution in [1.82, 2.24) is 20.1 Å². The number of nitrogens with zero attached hydrogens (tertiary/aromatic N) is 4. The van der Waals surface area contributed by atoms with E-state index in [0.717, 1.165) is 21.6 Å². The monoisotopic (exact) mass is 510 g/mol. The molecule has 0 saturated heterocycles. The van der Waals surface area contributed by atoms with Gasteiger partial charge in [0.1, 0.15) is 12.0 Å². The molecular weight excluding hydrogens is 480 g/mol. The molecule has 0 fully saturated rings. The van der Waals surface area contributed by atoms with Gasteiger partial charge >= 0.3 is 5.97 Å². The van der Waals surface area contributed by atoms with Crippen LogP contribution in [0.15, 0.2) is 50.9 Å². The van der Waals surface area contributed by atoms with E-state index in [-0.39, 0.29) is 0 Å². The first-order valence-corrected chi connectivity index (χ1v) is 12.6. The van der Waals surface area contributed by atoms with Gasteiger partial charge in [-0.1, -0.05) is 18.2 Å². The molecule has 0 aliphatic carbocycles. The SMILES string of the molecule is CCOC(=O)C(C)(C)Oc1c(C)cc(CN(Cc2ncco2)Cc2nnc(-c3cccs3)o2)cc1C. The van der Waals surface area contributed by atoms with E-state index in [0.29, 0.717) is 49.7 Å². The number of ether oxygens (including phenoxy) is 2. The molecule has 0 spiro atoms. The molecule has 3 heterocycles. The van der Waals surface area contributed by atoms with Gasteiger partial charge in [-0.2, -0.15) is 0 Å². The molecule has 0 N–H and O–H groups in total. The van der Waals surface area contributed by atoms with E-state index >= 15 is 0 Å². The molecule has 0 atom stereocenters. The number of thiophene rings is 1. The number of aromatic nitrogens is 3. The smallest absolute Gasteiger partial charge is 0.349 e. The third-order valence-electron chi connectivity index (χ3n) is 5.45. The van der Waals surface area contributed by atoms with E-state index < -0.39 is 11.6 Å². The molecule has 10 heteroatoms. The minimum Gasteiger partial charge on any atom is -0.476 e. The van der Waals surface area contributed by atoms with E-state index in [1.165, 1.54) is 0 Å². The van der Waals surface area contributed by atoms with E-state index in [9.17, 15) is 4.79 Å². The highest BCUT2D eigenvalue weighted by Gasteiger charge is 2.32. The summed E-state index contributed by atoms with van der Waals surface area (Å²) in [6, 6.07) is 8.00. The number of benzene rings is 1. The minimum absolute atomic E-state index is 0.303. The summed E-state index contributed by atoms with van der Waals surface area (Å²) in [5.41, 5.74) is 1.82. The molecule has 0 bridgehead atoms. The molecule has 0 radical (unpaired) electrons. The summed E-state index contributed by atoms with van der Waals surface area (Å²) < 4.78 is 22.7. The molecule has 0 saturated carbocycles. The van der Waals surface area contributed by atoms with Crippen LogP contribution in [-0.2, 0) is 29.2 Å². The Morgan fingerprint density at radius 3 is 2.50 bits per heavy atom. The zero-order valence-electron chi connectivity index (χ0n) is 21.1. The van der Waals surface area contributed by atoms with Crippen LogP contribution in [0.4, 0.5) is 0 Å². The number of esters is 1. The molecule has 0 amide bonds. The van der Waals surface area contributed by atoms with Gasteiger partial charge in [-0.05, 0) is 62.8 Å². The van der Waals surface area contributed by atoms with Crippen LogP contribution in [0.3, 0.4) is 0 Å². The first-order chi connectivity index (χ1) is 17.2. The molecular formula is C26H30N4O5S. The van der Waals surface area contributed by atoms with Crippen molar-refractivity contribution in [2.45, 2.75) is 59.9 Å². The normalized spacial score (nSPS) is 11.7. The Hall–Kier alpha value is -3.50. The molecule has 1 aromatic carbocycles. The van der Waals surface area contributed by atoms with Gasteiger partial charge in [0.25, 0.3) is 5.89 Å². The molecule has 0 aliphatic rings. The third kappa shape index (κ3) is 6.19. The Labute approximate surface area is 214 Å². The maximum atomic E-state index is 12.3. The molecule has 4 aromatic rings. The van der Waals surface area contributed by atoms with Crippen LogP contribution in [0.2, 0.25) is 0 Å². The molecule has 0 unspecified atom stereocenters. The fourth-order valence-electron chi connectivity index (χ4n) is 3.85. The van der Waals surface area contributed by atoms with Crippen LogP contribution in [0.1, 0.15) is 49.2 Å². The van der Waals surface area contributed by atoms with Gasteiger partial charge in [0.15, 0.2) is 5.60 Å². The van der Waals surface area contributed by atoms with Crippen molar-refractivity contribution in [2.75, 3.05) is 6.61 Å². The number of aryl methyl sites for hydroxylation is 2. The van der Waals surface area contributed by atoms with Crippen LogP contribution in [0.5, 0.6) is 5.75 Å². The highest BCUT2D eigenvalue weighted by Crippen LogP contribution is 2.30. The molecule has 9 nitrogen and oxygen atoms in total. The summed E-state index contributed by atoms with van der Waals surface area (Å²) in [5, 5.41) is 10.4. The summed E-state index contributed by atoms with van der Waals surface area (Å²) in [7, 11) is 0. The lowest BCUT2D eigenvalue weighted by molar-refractivity contribution is -0.158. The second kappa shape index (κ2) is 11.0. The highest BCUT2D eigenvalue weighted by molar-refractivity contribution is 7.13. The quantitative estimate of drug-likeness (QED) is 0.248. The maximum absolute atomic E-state index is 12.3. The van der Waals surface area contributed by atoms with Crippen molar-refractivity contribution >= 4 is 17.3 Å². The number of carbonyl (C=O) groups is 1. The minimum atomic E-state index is -1.09. The van der Waals surface area contributed by atoms with Crippen LogP contribution in [-0.4, -0.2) is 38.3 Å². The van der Waals surface area contributed by atoms with E-state index in [1.54, 1.807) is 44.6 Å². The zero-order chi connectivity index (χ0) is 25.7. The number of carbonyl (C=O) groups excluding carboxylic acids is 1. The number of rotatable bonds is 11. The van der Waals surface area contributed by atoms with Crippen molar-refractivity contribution in [1.29, 1.82) is 0 Å². The van der Waals surface area contributed by atoms with Gasteiger partial charge in [0.05, 0.1) is 30.8 Å². The van der Waals surface area contributed by atoms with Crippen LogP contribution in [0, 0.1) is 13.8 Å². The Kier molecular flexibility index (Phi) is 7.85. The van der Waals surface area contributed by atoms with Gasteiger partial charge in [-0.25, -0.2) is 9.78 Å². The fourth-order valence-corrected chi connectivity index (χ4v) is 4.49. The first kappa shape index (κ1) is 25.6. The Morgan fingerprint density at radius 2 is 1.86 bits per heavy atom. The van der Waals surface area contributed by atoms with Gasteiger partial charge in [0, 0.05) is 6.54 Å². The van der Waals surface area contributed by atoms with Crippen molar-refractivity contribution in [3.8, 4) is 16.5 Å². The maximum Gasteiger partial charge on any atom is 0.349 e. The average molecular weight is 511 g/mol. The second-order valence-electron chi connectivity index (χ2n) is 8.94. The Balaban J connectivity index is 1.53. The molecule has 0 aliphatic heterocycles. The Morgan fingerprint density at radius 1 is 1.11 bits per heavy atom. The summed E-state index contributed by atoms with van der Waals surface area (Å²) in [4.78, 5) is 19.6. The van der Waals surface area contributed by atoms with Gasteiger partial charge < -0.3 is 18.3 Å². The predicted molar refractivity (Wildman–Crippen MR) is 134 cm³/mol. The third-order valence-corrected chi connectivity index (χ3v) is 6.31. The highest BCUT2D eigenvalue weighted by atomic mass is 32.1. The molecule has 36 heavy (non-hydrogen) atoms. The number of oxazole rings is 1. The molecule has 190 valence electrons. The summed E-state index contributed by atoms with van der Waals surface area (Å²) in [5.74, 6) is 1.89. The van der Waals surface area contributed by atoms with Crippen molar-refractivity contribution < 1.29 is 23.1 Å². The van der Waals surface area contributed by atoms with Gasteiger partial charge in [-0.15, -0.1) is 21.5 Å². The van der Waals surface area contributed by atoms with Crippen LogP contribution < -0.4 is 4.74 Å². The lowest BCUT2D eigenvalue weighted by Gasteiger charge is -2.27. The second-order valence-corrected chi connectivity index (χ2v) is 9.89. The molecule has 3 aromatic heterocycles. The summed E-state index contributed by atoms with van der Waals surface area (Å²) >= 11 is 1.55. The lowest BCUT2D eigenvalue weighted by atomic mass is 10.0. The van der Waals surface area contributed by atoms with Gasteiger partial charge in [0.2, 0.25) is 11.8 Å². The number of hydrogen-bond donors (Lipinski definition) is 0. The van der Waals surface area contributed by atoms with Crippen LogP contribution in [0.25, 0.3) is 10.8 Å². The zero-order valence-corrected chi connectivity index (χ0v) is 21.9. The molecule has 4 rings (SSSR count). The predicted octanol–water partition coefficient (Wildman–Crippen LogP) is 5.33. The number of hydrogen-bond acceptors (Lipinski definition) is 10. The lowest BCUT2D eigenvalue weighted by Crippen LogP contribution is -2.40. The van der Waals surface area contributed by atoms with E-state index in [2.05, 4.69) is 32.2 Å².